The van der Waals surface area contributed by atoms with Gasteiger partial charge in [0.25, 0.3) is 5.22 Å². The molecule has 0 radical (unpaired) electrons. The van der Waals surface area contributed by atoms with E-state index in [1.54, 1.807) is 26.4 Å². The first kappa shape index (κ1) is 17.1. The second-order valence-electron chi connectivity index (χ2n) is 4.51. The second-order valence-corrected chi connectivity index (χ2v) is 5.43. The van der Waals surface area contributed by atoms with Crippen molar-refractivity contribution in [1.29, 1.82) is 0 Å². The average molecular weight is 338 g/mol. The molecule has 1 aromatic carbocycles. The summed E-state index contributed by atoms with van der Waals surface area (Å²) in [4.78, 5) is 11.0. The molecule has 7 nitrogen and oxygen atoms in total. The fourth-order valence-electron chi connectivity index (χ4n) is 1.84. The fraction of sp³-hybridized carbons (Fsp3) is 0.400. The maximum absolute atomic E-state index is 11.0. The van der Waals surface area contributed by atoms with Crippen molar-refractivity contribution in [2.45, 2.75) is 19.1 Å². The number of methoxy groups -OCH3 is 2. The summed E-state index contributed by atoms with van der Waals surface area (Å²) in [5.41, 5.74) is 0.643. The van der Waals surface area contributed by atoms with Crippen LogP contribution in [0.1, 0.15) is 13.8 Å². The first-order chi connectivity index (χ1) is 11.1. The van der Waals surface area contributed by atoms with Gasteiger partial charge >= 0.3 is 0 Å². The van der Waals surface area contributed by atoms with E-state index in [1.165, 1.54) is 18.7 Å². The van der Waals surface area contributed by atoms with E-state index in [0.717, 1.165) is 0 Å². The van der Waals surface area contributed by atoms with E-state index in [2.05, 4.69) is 10.2 Å². The first-order valence-corrected chi connectivity index (χ1v) is 7.92. The molecule has 124 valence electrons. The monoisotopic (exact) mass is 338 g/mol. The Morgan fingerprint density at radius 3 is 2.39 bits per heavy atom. The Hall–Kier alpha value is -2.22. The third kappa shape index (κ3) is 4.16. The number of thioether (sulfide) groups is 1. The second kappa shape index (κ2) is 7.87. The highest BCUT2D eigenvalue weighted by Gasteiger charge is 2.18. The van der Waals surface area contributed by atoms with Crippen LogP contribution in [0.2, 0.25) is 0 Å². The van der Waals surface area contributed by atoms with Crippen LogP contribution in [-0.2, 0) is 4.79 Å². The summed E-state index contributed by atoms with van der Waals surface area (Å²) >= 11 is 1.20. The highest BCUT2D eigenvalue weighted by Crippen LogP contribution is 2.41. The van der Waals surface area contributed by atoms with Gasteiger partial charge in [-0.25, -0.2) is 0 Å². The normalized spacial score (nSPS) is 10.4. The largest absolute Gasteiger partial charge is 0.493 e. The summed E-state index contributed by atoms with van der Waals surface area (Å²) in [5.74, 6) is 2.19. The molecule has 0 amide bonds. The van der Waals surface area contributed by atoms with E-state index in [9.17, 15) is 4.79 Å². The van der Waals surface area contributed by atoms with Crippen LogP contribution in [-0.4, -0.2) is 42.6 Å². The summed E-state index contributed by atoms with van der Waals surface area (Å²) in [6.45, 7) is 3.87. The van der Waals surface area contributed by atoms with Crippen LogP contribution in [0.4, 0.5) is 0 Å². The highest BCUT2D eigenvalue weighted by molar-refractivity contribution is 7.99. The fourth-order valence-corrected chi connectivity index (χ4v) is 2.40. The molecule has 0 N–H and O–H groups in total. The van der Waals surface area contributed by atoms with Crippen LogP contribution in [0.3, 0.4) is 0 Å². The minimum Gasteiger partial charge on any atom is -0.493 e. The van der Waals surface area contributed by atoms with E-state index in [4.69, 9.17) is 18.6 Å². The molecule has 0 fully saturated rings. The summed E-state index contributed by atoms with van der Waals surface area (Å²) < 4.78 is 21.8. The third-order valence-corrected chi connectivity index (χ3v) is 3.76. The number of benzene rings is 1. The Morgan fingerprint density at radius 1 is 1.22 bits per heavy atom. The standard InChI is InChI=1S/C15H18N2O5S/c1-5-21-13-11(19-3)6-10(7-12(13)20-4)14-16-17-15(22-14)23-8-9(2)18/h6-7H,5,8H2,1-4H3. The summed E-state index contributed by atoms with van der Waals surface area (Å²) in [5, 5.41) is 8.24. The maximum Gasteiger partial charge on any atom is 0.277 e. The Kier molecular flexibility index (Phi) is 5.86. The van der Waals surface area contributed by atoms with Crippen LogP contribution < -0.4 is 14.2 Å². The molecule has 0 aliphatic rings. The molecule has 0 aliphatic carbocycles. The number of rotatable bonds is 8. The lowest BCUT2D eigenvalue weighted by atomic mass is 10.2. The zero-order valence-electron chi connectivity index (χ0n) is 13.4. The number of carbonyl (C=O) groups is 1. The first-order valence-electron chi connectivity index (χ1n) is 6.94. The molecule has 0 aliphatic heterocycles. The molecular weight excluding hydrogens is 320 g/mol. The maximum atomic E-state index is 11.0. The number of hydrogen-bond donors (Lipinski definition) is 0. The average Bonchev–Trinajstić information content (AvgIpc) is 3.02. The van der Waals surface area contributed by atoms with Gasteiger partial charge in [0.05, 0.1) is 26.6 Å². The Bertz CT molecular complexity index is 661. The van der Waals surface area contributed by atoms with Gasteiger partial charge in [0.2, 0.25) is 11.6 Å². The van der Waals surface area contributed by atoms with Crippen molar-refractivity contribution in [3.05, 3.63) is 12.1 Å². The number of hydrogen-bond acceptors (Lipinski definition) is 8. The van der Waals surface area contributed by atoms with Gasteiger partial charge in [-0.2, -0.15) is 0 Å². The summed E-state index contributed by atoms with van der Waals surface area (Å²) in [7, 11) is 3.09. The topological polar surface area (TPSA) is 83.7 Å². The molecule has 0 saturated carbocycles. The van der Waals surface area contributed by atoms with Crippen molar-refractivity contribution in [2.75, 3.05) is 26.6 Å². The minimum absolute atomic E-state index is 0.0409. The van der Waals surface area contributed by atoms with Crippen LogP contribution in [0.25, 0.3) is 11.5 Å². The number of aromatic nitrogens is 2. The molecule has 0 bridgehead atoms. The number of nitrogens with zero attached hydrogens (tertiary/aromatic N) is 2. The van der Waals surface area contributed by atoms with Crippen molar-refractivity contribution in [3.63, 3.8) is 0 Å². The molecule has 23 heavy (non-hydrogen) atoms. The van der Waals surface area contributed by atoms with Crippen LogP contribution in [0.15, 0.2) is 21.8 Å². The number of ether oxygens (including phenoxy) is 3. The zero-order valence-corrected chi connectivity index (χ0v) is 14.2. The molecule has 0 spiro atoms. The number of ketones is 1. The Morgan fingerprint density at radius 2 is 1.87 bits per heavy atom. The van der Waals surface area contributed by atoms with Gasteiger partial charge in [-0.3, -0.25) is 4.79 Å². The van der Waals surface area contributed by atoms with Crippen molar-refractivity contribution in [3.8, 4) is 28.7 Å². The quantitative estimate of drug-likeness (QED) is 0.679. The lowest BCUT2D eigenvalue weighted by Crippen LogP contribution is -1.99. The highest BCUT2D eigenvalue weighted by atomic mass is 32.2. The minimum atomic E-state index is 0.0409. The Labute approximate surface area is 138 Å². The number of carbonyl (C=O) groups excluding carboxylic acids is 1. The van der Waals surface area contributed by atoms with Gasteiger partial charge in [-0.1, -0.05) is 11.8 Å². The molecule has 0 saturated heterocycles. The van der Waals surface area contributed by atoms with Gasteiger partial charge in [-0.05, 0) is 26.0 Å². The van der Waals surface area contributed by atoms with Crippen molar-refractivity contribution in [2.24, 2.45) is 0 Å². The molecule has 1 aromatic heterocycles. The van der Waals surface area contributed by atoms with Gasteiger partial charge < -0.3 is 18.6 Å². The van der Waals surface area contributed by atoms with Crippen molar-refractivity contribution in [1.82, 2.24) is 10.2 Å². The van der Waals surface area contributed by atoms with Crippen LogP contribution >= 0.6 is 11.8 Å². The summed E-state index contributed by atoms with van der Waals surface area (Å²) in [6.07, 6.45) is 0. The van der Waals surface area contributed by atoms with Crippen molar-refractivity contribution < 1.29 is 23.4 Å². The molecular formula is C15H18N2O5S. The predicted molar refractivity (Wildman–Crippen MR) is 85.4 cm³/mol. The molecule has 0 unspecified atom stereocenters. The van der Waals surface area contributed by atoms with E-state index in [0.29, 0.717) is 40.5 Å². The molecule has 2 aromatic rings. The van der Waals surface area contributed by atoms with Crippen LogP contribution in [0, 0.1) is 0 Å². The van der Waals surface area contributed by atoms with E-state index >= 15 is 0 Å². The SMILES string of the molecule is CCOc1c(OC)cc(-c2nnc(SCC(C)=O)o2)cc1OC. The number of Topliss-reactive ketones (excluding diaryl/α,β-unsaturated/α-hetero) is 1. The van der Waals surface area contributed by atoms with Gasteiger partial charge in [0, 0.05) is 5.56 Å². The molecule has 0 atom stereocenters. The van der Waals surface area contributed by atoms with E-state index < -0.39 is 0 Å². The lowest BCUT2D eigenvalue weighted by molar-refractivity contribution is -0.114. The van der Waals surface area contributed by atoms with Crippen molar-refractivity contribution >= 4 is 17.5 Å². The van der Waals surface area contributed by atoms with Gasteiger partial charge in [0.1, 0.15) is 5.78 Å². The van der Waals surface area contributed by atoms with Crippen LogP contribution in [0.5, 0.6) is 17.2 Å². The lowest BCUT2D eigenvalue weighted by Gasteiger charge is -2.14. The smallest absolute Gasteiger partial charge is 0.277 e. The Balaban J connectivity index is 2.34. The zero-order chi connectivity index (χ0) is 16.8. The van der Waals surface area contributed by atoms with E-state index in [-0.39, 0.29) is 11.5 Å². The molecule has 1 heterocycles. The molecule has 8 heteroatoms. The van der Waals surface area contributed by atoms with Gasteiger partial charge in [-0.15, -0.1) is 10.2 Å². The van der Waals surface area contributed by atoms with E-state index in [1.807, 2.05) is 6.92 Å². The molecule has 2 rings (SSSR count). The predicted octanol–water partition coefficient (Wildman–Crippen LogP) is 2.83. The summed E-state index contributed by atoms with van der Waals surface area (Å²) in [6, 6.07) is 3.47. The van der Waals surface area contributed by atoms with Gasteiger partial charge in [0.15, 0.2) is 11.5 Å². The third-order valence-electron chi connectivity index (χ3n) is 2.80.